The molecule has 15 heavy (non-hydrogen) atoms. The molecule has 1 heterocycles. The summed E-state index contributed by atoms with van der Waals surface area (Å²) >= 11 is 6.00. The molecule has 3 nitrogen and oxygen atoms in total. The molecule has 1 aliphatic rings. The van der Waals surface area contributed by atoms with Gasteiger partial charge in [-0.1, -0.05) is 11.6 Å². The van der Waals surface area contributed by atoms with Gasteiger partial charge in [-0.15, -0.1) is 0 Å². The van der Waals surface area contributed by atoms with Crippen LogP contribution >= 0.6 is 11.6 Å². The molecule has 0 unspecified atom stereocenters. The third kappa shape index (κ3) is 2.76. The largest absolute Gasteiger partial charge is 0.489 e. The molecule has 1 fully saturated rings. The van der Waals surface area contributed by atoms with E-state index < -0.39 is 0 Å². The summed E-state index contributed by atoms with van der Waals surface area (Å²) in [7, 11) is 0. The predicted molar refractivity (Wildman–Crippen MR) is 60.3 cm³/mol. The monoisotopic (exact) mass is 227 g/mol. The second-order valence-electron chi connectivity index (χ2n) is 3.62. The Labute approximate surface area is 94.1 Å². The average molecular weight is 228 g/mol. The molecular weight excluding hydrogens is 214 g/mol. The second kappa shape index (κ2) is 4.73. The Morgan fingerprint density at radius 1 is 1.33 bits per heavy atom. The van der Waals surface area contributed by atoms with Crippen LogP contribution in [-0.4, -0.2) is 19.3 Å². The Morgan fingerprint density at radius 2 is 2.07 bits per heavy atom. The molecule has 1 aliphatic heterocycles. The van der Waals surface area contributed by atoms with E-state index in [0.29, 0.717) is 16.5 Å². The van der Waals surface area contributed by atoms with Crippen molar-refractivity contribution < 1.29 is 9.47 Å². The molecule has 0 aromatic heterocycles. The fraction of sp³-hybridized carbons (Fsp3) is 0.455. The van der Waals surface area contributed by atoms with Gasteiger partial charge in [0.1, 0.15) is 11.9 Å². The summed E-state index contributed by atoms with van der Waals surface area (Å²) < 4.78 is 11.0. The normalized spacial score (nSPS) is 17.7. The van der Waals surface area contributed by atoms with Gasteiger partial charge in [0.15, 0.2) is 0 Å². The number of hydrogen-bond acceptors (Lipinski definition) is 3. The summed E-state index contributed by atoms with van der Waals surface area (Å²) in [5.74, 6) is 0.670. The number of ether oxygens (including phenoxy) is 2. The Morgan fingerprint density at radius 3 is 2.80 bits per heavy atom. The molecule has 0 spiro atoms. The average Bonchev–Trinajstić information content (AvgIpc) is 2.25. The van der Waals surface area contributed by atoms with Crippen molar-refractivity contribution in [1.82, 2.24) is 0 Å². The van der Waals surface area contributed by atoms with Crippen molar-refractivity contribution in [2.45, 2.75) is 18.9 Å². The van der Waals surface area contributed by atoms with Gasteiger partial charge >= 0.3 is 0 Å². The fourth-order valence-corrected chi connectivity index (χ4v) is 1.75. The van der Waals surface area contributed by atoms with Crippen LogP contribution in [0.15, 0.2) is 18.2 Å². The molecule has 4 heteroatoms. The number of nitrogen functional groups attached to an aromatic ring is 1. The van der Waals surface area contributed by atoms with E-state index in [1.165, 1.54) is 0 Å². The molecule has 2 N–H and O–H groups in total. The van der Waals surface area contributed by atoms with E-state index in [1.54, 1.807) is 18.2 Å². The number of halogens is 1. The van der Waals surface area contributed by atoms with Gasteiger partial charge in [0.2, 0.25) is 0 Å². The minimum Gasteiger partial charge on any atom is -0.489 e. The Hall–Kier alpha value is -0.930. The Balaban J connectivity index is 2.05. The lowest BCUT2D eigenvalue weighted by atomic mass is 10.1. The number of hydrogen-bond donors (Lipinski definition) is 1. The molecule has 82 valence electrons. The third-order valence-corrected chi connectivity index (χ3v) is 2.73. The van der Waals surface area contributed by atoms with E-state index in [2.05, 4.69) is 0 Å². The lowest BCUT2D eigenvalue weighted by Crippen LogP contribution is -2.26. The number of nitrogens with two attached hydrogens (primary N) is 1. The van der Waals surface area contributed by atoms with Crippen LogP contribution in [0.1, 0.15) is 12.8 Å². The van der Waals surface area contributed by atoms with E-state index in [0.717, 1.165) is 26.1 Å². The zero-order valence-electron chi connectivity index (χ0n) is 8.41. The van der Waals surface area contributed by atoms with Crippen molar-refractivity contribution in [2.75, 3.05) is 18.9 Å². The van der Waals surface area contributed by atoms with Crippen molar-refractivity contribution >= 4 is 17.3 Å². The van der Waals surface area contributed by atoms with Crippen molar-refractivity contribution in [3.8, 4) is 5.75 Å². The van der Waals surface area contributed by atoms with Gasteiger partial charge in [0.25, 0.3) is 0 Å². The lowest BCUT2D eigenvalue weighted by Gasteiger charge is -2.23. The summed E-state index contributed by atoms with van der Waals surface area (Å²) in [5.41, 5.74) is 6.34. The Bertz CT molecular complexity index is 337. The maximum atomic E-state index is 6.00. The van der Waals surface area contributed by atoms with Crippen LogP contribution < -0.4 is 10.5 Å². The van der Waals surface area contributed by atoms with Gasteiger partial charge in [0, 0.05) is 24.6 Å². The maximum Gasteiger partial charge on any atom is 0.140 e. The topological polar surface area (TPSA) is 44.5 Å². The van der Waals surface area contributed by atoms with Gasteiger partial charge < -0.3 is 15.2 Å². The zero-order valence-corrected chi connectivity index (χ0v) is 9.17. The highest BCUT2D eigenvalue weighted by Crippen LogP contribution is 2.28. The molecule has 0 atom stereocenters. The van der Waals surface area contributed by atoms with E-state index >= 15 is 0 Å². The minimum atomic E-state index is 0.193. The highest BCUT2D eigenvalue weighted by molar-refractivity contribution is 6.32. The van der Waals surface area contributed by atoms with Crippen LogP contribution in [0.4, 0.5) is 5.69 Å². The van der Waals surface area contributed by atoms with Gasteiger partial charge in [0.05, 0.1) is 18.2 Å². The lowest BCUT2D eigenvalue weighted by molar-refractivity contribution is 0.0256. The molecule has 0 aliphatic carbocycles. The van der Waals surface area contributed by atoms with Crippen molar-refractivity contribution in [2.24, 2.45) is 0 Å². The van der Waals surface area contributed by atoms with Crippen molar-refractivity contribution in [3.05, 3.63) is 23.2 Å². The van der Waals surface area contributed by atoms with Crippen LogP contribution in [0.25, 0.3) is 0 Å². The number of benzene rings is 1. The molecule has 1 aromatic rings. The van der Waals surface area contributed by atoms with Crippen LogP contribution in [0, 0.1) is 0 Å². The van der Waals surface area contributed by atoms with E-state index in [-0.39, 0.29) is 6.10 Å². The summed E-state index contributed by atoms with van der Waals surface area (Å²) in [6.07, 6.45) is 2.01. The Kier molecular flexibility index (Phi) is 3.34. The first-order valence-corrected chi connectivity index (χ1v) is 5.43. The minimum absolute atomic E-state index is 0.193. The van der Waals surface area contributed by atoms with Gasteiger partial charge in [-0.05, 0) is 12.1 Å². The molecular formula is C11H14ClNO2. The van der Waals surface area contributed by atoms with Crippen molar-refractivity contribution in [1.29, 1.82) is 0 Å². The standard InChI is InChI=1S/C11H14ClNO2/c12-10-2-1-8(13)7-11(10)15-9-3-5-14-6-4-9/h1-2,7,9H,3-6,13H2. The molecule has 1 aromatic carbocycles. The zero-order chi connectivity index (χ0) is 10.7. The van der Waals surface area contributed by atoms with Crippen LogP contribution in [0.2, 0.25) is 5.02 Å². The van der Waals surface area contributed by atoms with Crippen LogP contribution in [0.5, 0.6) is 5.75 Å². The third-order valence-electron chi connectivity index (χ3n) is 2.42. The summed E-state index contributed by atoms with van der Waals surface area (Å²) in [6.45, 7) is 1.51. The van der Waals surface area contributed by atoms with E-state index in [9.17, 15) is 0 Å². The summed E-state index contributed by atoms with van der Waals surface area (Å²) in [5, 5.41) is 0.607. The van der Waals surface area contributed by atoms with Crippen LogP contribution in [-0.2, 0) is 4.74 Å². The van der Waals surface area contributed by atoms with Crippen LogP contribution in [0.3, 0.4) is 0 Å². The quantitative estimate of drug-likeness (QED) is 0.790. The fourth-order valence-electron chi connectivity index (χ4n) is 1.58. The number of rotatable bonds is 2. The first-order valence-electron chi connectivity index (χ1n) is 5.05. The smallest absolute Gasteiger partial charge is 0.140 e. The molecule has 0 saturated carbocycles. The SMILES string of the molecule is Nc1ccc(Cl)c(OC2CCOCC2)c1. The highest BCUT2D eigenvalue weighted by atomic mass is 35.5. The maximum absolute atomic E-state index is 6.00. The highest BCUT2D eigenvalue weighted by Gasteiger charge is 2.16. The summed E-state index contributed by atoms with van der Waals surface area (Å²) in [6, 6.07) is 5.28. The van der Waals surface area contributed by atoms with E-state index in [4.69, 9.17) is 26.8 Å². The van der Waals surface area contributed by atoms with Gasteiger partial charge in [-0.3, -0.25) is 0 Å². The van der Waals surface area contributed by atoms with Gasteiger partial charge in [-0.25, -0.2) is 0 Å². The molecule has 0 bridgehead atoms. The first-order chi connectivity index (χ1) is 7.25. The predicted octanol–water partition coefficient (Wildman–Crippen LogP) is 2.48. The summed E-state index contributed by atoms with van der Waals surface area (Å²) in [4.78, 5) is 0. The molecule has 0 radical (unpaired) electrons. The molecule has 1 saturated heterocycles. The van der Waals surface area contributed by atoms with Crippen molar-refractivity contribution in [3.63, 3.8) is 0 Å². The number of anilines is 1. The van der Waals surface area contributed by atoms with E-state index in [1.807, 2.05) is 0 Å². The second-order valence-corrected chi connectivity index (χ2v) is 4.03. The molecule has 2 rings (SSSR count). The van der Waals surface area contributed by atoms with Gasteiger partial charge in [-0.2, -0.15) is 0 Å². The first kappa shape index (κ1) is 10.6. The molecule has 0 amide bonds.